The number of anilines is 1. The number of benzene rings is 1. The molecule has 138 valence electrons. The molecule has 5 heteroatoms. The van der Waals surface area contributed by atoms with Gasteiger partial charge in [0.1, 0.15) is 5.60 Å². The summed E-state index contributed by atoms with van der Waals surface area (Å²) in [6.45, 7) is 11.3. The molecule has 0 unspecified atom stereocenters. The number of aryl methyl sites for hydroxylation is 1. The predicted molar refractivity (Wildman–Crippen MR) is 103 cm³/mol. The maximum Gasteiger partial charge on any atom is 0.410 e. The van der Waals surface area contributed by atoms with Crippen molar-refractivity contribution in [2.45, 2.75) is 59.0 Å². The van der Waals surface area contributed by atoms with Crippen LogP contribution in [-0.4, -0.2) is 42.8 Å². The van der Waals surface area contributed by atoms with Crippen LogP contribution >= 0.6 is 11.6 Å². The zero-order valence-electron chi connectivity index (χ0n) is 15.8. The smallest absolute Gasteiger partial charge is 0.410 e. The first-order valence-electron chi connectivity index (χ1n) is 9.36. The number of carbonyl (C=O) groups is 1. The lowest BCUT2D eigenvalue weighted by Gasteiger charge is -2.32. The first-order chi connectivity index (χ1) is 11.8. The summed E-state index contributed by atoms with van der Waals surface area (Å²) < 4.78 is 5.54. The third kappa shape index (κ3) is 3.89. The van der Waals surface area contributed by atoms with Crippen LogP contribution < -0.4 is 4.90 Å². The van der Waals surface area contributed by atoms with E-state index in [4.69, 9.17) is 16.3 Å². The molecule has 3 rings (SSSR count). The van der Waals surface area contributed by atoms with Gasteiger partial charge in [-0.25, -0.2) is 4.79 Å². The van der Waals surface area contributed by atoms with Gasteiger partial charge in [-0.05, 0) is 70.1 Å². The number of nitrogens with zero attached hydrogens (tertiary/aromatic N) is 2. The van der Waals surface area contributed by atoms with Crippen molar-refractivity contribution < 1.29 is 9.53 Å². The van der Waals surface area contributed by atoms with Crippen LogP contribution in [0, 0.1) is 0 Å². The number of ether oxygens (including phenoxy) is 1. The maximum atomic E-state index is 12.4. The third-order valence-electron chi connectivity index (χ3n) is 5.02. The number of fused-ring (bicyclic) bond motifs is 2. The Morgan fingerprint density at radius 2 is 1.88 bits per heavy atom. The van der Waals surface area contributed by atoms with E-state index in [1.165, 1.54) is 28.8 Å². The van der Waals surface area contributed by atoms with Crippen molar-refractivity contribution in [1.82, 2.24) is 4.90 Å². The summed E-state index contributed by atoms with van der Waals surface area (Å²) in [5.41, 5.74) is 4.64. The maximum absolute atomic E-state index is 12.4. The van der Waals surface area contributed by atoms with Gasteiger partial charge in [0.25, 0.3) is 0 Å². The molecule has 4 nitrogen and oxygen atoms in total. The zero-order chi connectivity index (χ0) is 18.2. The van der Waals surface area contributed by atoms with Gasteiger partial charge in [-0.2, -0.15) is 0 Å². The van der Waals surface area contributed by atoms with Gasteiger partial charge in [0.2, 0.25) is 0 Å². The second-order valence-electron chi connectivity index (χ2n) is 7.99. The number of hydrogen-bond acceptors (Lipinski definition) is 3. The fourth-order valence-corrected chi connectivity index (χ4v) is 4.28. The van der Waals surface area contributed by atoms with Crippen molar-refractivity contribution >= 4 is 23.4 Å². The first-order valence-corrected chi connectivity index (χ1v) is 9.74. The van der Waals surface area contributed by atoms with Crippen molar-refractivity contribution in [2.75, 3.05) is 31.1 Å². The molecule has 0 spiro atoms. The average Bonchev–Trinajstić information content (AvgIpc) is 2.75. The van der Waals surface area contributed by atoms with Gasteiger partial charge in [-0.15, -0.1) is 0 Å². The van der Waals surface area contributed by atoms with Gasteiger partial charge in [0.05, 0.1) is 10.7 Å². The van der Waals surface area contributed by atoms with E-state index in [1.54, 1.807) is 0 Å². The number of hydrogen-bond donors (Lipinski definition) is 0. The van der Waals surface area contributed by atoms with Crippen LogP contribution in [0.1, 0.15) is 50.8 Å². The Morgan fingerprint density at radius 3 is 2.56 bits per heavy atom. The van der Waals surface area contributed by atoms with Crippen molar-refractivity contribution in [3.8, 4) is 0 Å². The van der Waals surface area contributed by atoms with E-state index in [2.05, 4.69) is 17.9 Å². The fraction of sp³-hybridized carbons (Fsp3) is 0.650. The lowest BCUT2D eigenvalue weighted by Crippen LogP contribution is -2.38. The van der Waals surface area contributed by atoms with Gasteiger partial charge >= 0.3 is 6.09 Å². The highest BCUT2D eigenvalue weighted by Crippen LogP contribution is 2.39. The molecule has 0 N–H and O–H groups in total. The highest BCUT2D eigenvalue weighted by molar-refractivity contribution is 6.34. The second kappa shape index (κ2) is 7.06. The summed E-state index contributed by atoms with van der Waals surface area (Å²) in [7, 11) is 0. The van der Waals surface area contributed by atoms with E-state index in [-0.39, 0.29) is 6.09 Å². The second-order valence-corrected chi connectivity index (χ2v) is 8.36. The zero-order valence-corrected chi connectivity index (χ0v) is 16.6. The van der Waals surface area contributed by atoms with Crippen LogP contribution in [0.4, 0.5) is 10.5 Å². The van der Waals surface area contributed by atoms with E-state index in [9.17, 15) is 4.79 Å². The van der Waals surface area contributed by atoms with Crippen LogP contribution in [0.5, 0.6) is 0 Å². The summed E-state index contributed by atoms with van der Waals surface area (Å²) in [4.78, 5) is 16.6. The van der Waals surface area contributed by atoms with E-state index in [0.29, 0.717) is 13.1 Å². The minimum absolute atomic E-state index is 0.226. The van der Waals surface area contributed by atoms with Crippen LogP contribution in [-0.2, 0) is 24.0 Å². The molecule has 2 heterocycles. The average molecular weight is 365 g/mol. The van der Waals surface area contributed by atoms with Crippen LogP contribution in [0.2, 0.25) is 5.02 Å². The van der Waals surface area contributed by atoms with Gasteiger partial charge in [-0.1, -0.05) is 17.7 Å². The molecule has 2 aliphatic heterocycles. The molecule has 0 aromatic heterocycles. The third-order valence-corrected chi connectivity index (χ3v) is 5.43. The Balaban J connectivity index is 1.85. The Bertz CT molecular complexity index is 667. The molecule has 0 bridgehead atoms. The number of halogens is 1. The highest BCUT2D eigenvalue weighted by Gasteiger charge is 2.28. The molecule has 0 fully saturated rings. The number of rotatable bonds is 1. The molecule has 25 heavy (non-hydrogen) atoms. The van der Waals surface area contributed by atoms with Crippen molar-refractivity contribution in [1.29, 1.82) is 0 Å². The summed E-state index contributed by atoms with van der Waals surface area (Å²) in [5.74, 6) is 0. The largest absolute Gasteiger partial charge is 0.444 e. The normalized spacial score (nSPS) is 17.6. The Labute approximate surface area is 156 Å². The standard InChI is InChI=1S/C20H29ClN2O2/c1-5-22-10-6-7-15-13-14-8-11-23(19(24)25-20(2,3)4)12-9-16(14)17(21)18(15)22/h13H,5-12H2,1-4H3. The van der Waals surface area contributed by atoms with E-state index >= 15 is 0 Å². The van der Waals surface area contributed by atoms with Crippen molar-refractivity contribution in [3.63, 3.8) is 0 Å². The highest BCUT2D eigenvalue weighted by atomic mass is 35.5. The van der Waals surface area contributed by atoms with Crippen LogP contribution in [0.25, 0.3) is 0 Å². The molecule has 0 radical (unpaired) electrons. The van der Waals surface area contributed by atoms with Gasteiger partial charge in [0, 0.05) is 26.2 Å². The molecule has 0 saturated carbocycles. The molecule has 1 aromatic rings. The van der Waals surface area contributed by atoms with Gasteiger partial charge < -0.3 is 14.5 Å². The summed E-state index contributed by atoms with van der Waals surface area (Å²) in [5, 5.41) is 0.903. The SMILES string of the molecule is CCN1CCCc2cc3c(c(Cl)c21)CCN(C(=O)OC(C)(C)C)CC3. The minimum Gasteiger partial charge on any atom is -0.444 e. The van der Waals surface area contributed by atoms with Gasteiger partial charge in [-0.3, -0.25) is 0 Å². The quantitative estimate of drug-likeness (QED) is 0.738. The van der Waals surface area contributed by atoms with E-state index in [0.717, 1.165) is 37.4 Å². The molecule has 0 atom stereocenters. The molecule has 2 aliphatic rings. The number of amides is 1. The Morgan fingerprint density at radius 1 is 1.16 bits per heavy atom. The lowest BCUT2D eigenvalue weighted by molar-refractivity contribution is 0.0258. The first kappa shape index (κ1) is 18.4. The minimum atomic E-state index is -0.464. The van der Waals surface area contributed by atoms with Crippen LogP contribution in [0.15, 0.2) is 6.07 Å². The number of carbonyl (C=O) groups excluding carboxylic acids is 1. The van der Waals surface area contributed by atoms with E-state index in [1.807, 2.05) is 25.7 Å². The molecule has 1 amide bonds. The Kier molecular flexibility index (Phi) is 5.19. The summed E-state index contributed by atoms with van der Waals surface area (Å²) >= 11 is 6.85. The summed E-state index contributed by atoms with van der Waals surface area (Å²) in [6.07, 6.45) is 3.68. The van der Waals surface area contributed by atoms with Crippen molar-refractivity contribution in [2.24, 2.45) is 0 Å². The molecule has 1 aromatic carbocycles. The van der Waals surface area contributed by atoms with E-state index < -0.39 is 5.60 Å². The monoisotopic (exact) mass is 364 g/mol. The van der Waals surface area contributed by atoms with Crippen molar-refractivity contribution in [3.05, 3.63) is 27.8 Å². The molecular formula is C20H29ClN2O2. The van der Waals surface area contributed by atoms with Gasteiger partial charge in [0.15, 0.2) is 0 Å². The molecule has 0 saturated heterocycles. The van der Waals surface area contributed by atoms with Crippen LogP contribution in [0.3, 0.4) is 0 Å². The Hall–Kier alpha value is -1.42. The topological polar surface area (TPSA) is 32.8 Å². The molecular weight excluding hydrogens is 336 g/mol. The molecule has 0 aliphatic carbocycles. The predicted octanol–water partition coefficient (Wildman–Crippen LogP) is 4.45. The summed E-state index contributed by atoms with van der Waals surface area (Å²) in [6, 6.07) is 2.33. The fourth-order valence-electron chi connectivity index (χ4n) is 3.83. The lowest BCUT2D eigenvalue weighted by atomic mass is 9.93.